The van der Waals surface area contributed by atoms with Crippen LogP contribution >= 0.6 is 7.82 Å². The summed E-state index contributed by atoms with van der Waals surface area (Å²) in [6.45, 7) is 4.83. The van der Waals surface area contributed by atoms with Crippen LogP contribution in [-0.2, 0) is 27.9 Å². The van der Waals surface area contributed by atoms with Crippen molar-refractivity contribution in [3.8, 4) is 0 Å². The highest BCUT2D eigenvalue weighted by Crippen LogP contribution is 2.43. The van der Waals surface area contributed by atoms with Gasteiger partial charge in [-0.25, -0.2) is 4.57 Å². The Kier molecular flexibility index (Phi) is 24.8. The van der Waals surface area contributed by atoms with Crippen LogP contribution in [0.4, 0.5) is 0 Å². The number of esters is 1. The Morgan fingerprint density at radius 2 is 1.26 bits per heavy atom. The van der Waals surface area contributed by atoms with Crippen molar-refractivity contribution in [2.45, 2.75) is 129 Å². The standard InChI is InChI=1S/C26H54NO7P/c1-3-5-7-9-11-12-13-14-16-18-21-31-23-25(24-33-35(29,30)32-22-20-27)34-26(28)19-17-15-10-8-6-4-2/h25H,3-24,27H2,1-2H3,(H,29,30). The zero-order valence-corrected chi connectivity index (χ0v) is 23.4. The third-order valence-corrected chi connectivity index (χ3v) is 6.76. The maximum atomic E-state index is 12.2. The predicted octanol–water partition coefficient (Wildman–Crippen LogP) is 6.68. The third kappa shape index (κ3) is 25.0. The SMILES string of the molecule is CCCCCCCCCCCCOCC(COP(=O)(O)OCCN)OC(=O)CCCCCCCC. The first-order chi connectivity index (χ1) is 16.9. The van der Waals surface area contributed by atoms with E-state index < -0.39 is 13.9 Å². The van der Waals surface area contributed by atoms with Crippen LogP contribution in [0.5, 0.6) is 0 Å². The topological polar surface area (TPSA) is 117 Å². The summed E-state index contributed by atoms with van der Waals surface area (Å²) >= 11 is 0. The largest absolute Gasteiger partial charge is 0.472 e. The summed E-state index contributed by atoms with van der Waals surface area (Å²) in [5, 5.41) is 0. The molecule has 2 unspecified atom stereocenters. The third-order valence-electron chi connectivity index (χ3n) is 5.77. The maximum Gasteiger partial charge on any atom is 0.472 e. The Morgan fingerprint density at radius 3 is 1.80 bits per heavy atom. The molecule has 0 heterocycles. The number of carbonyl (C=O) groups excluding carboxylic acids is 1. The molecule has 0 aliphatic heterocycles. The minimum Gasteiger partial charge on any atom is -0.457 e. The van der Waals surface area contributed by atoms with E-state index in [1.807, 2.05) is 0 Å². The lowest BCUT2D eigenvalue weighted by atomic mass is 10.1. The molecular formula is C26H54NO7P. The van der Waals surface area contributed by atoms with E-state index in [1.54, 1.807) is 0 Å². The fraction of sp³-hybridized carbons (Fsp3) is 0.962. The van der Waals surface area contributed by atoms with Crippen LogP contribution in [-0.4, -0.2) is 49.9 Å². The van der Waals surface area contributed by atoms with Crippen molar-refractivity contribution in [3.63, 3.8) is 0 Å². The van der Waals surface area contributed by atoms with Crippen LogP contribution in [0, 0.1) is 0 Å². The van der Waals surface area contributed by atoms with E-state index >= 15 is 0 Å². The first-order valence-electron chi connectivity index (χ1n) is 14.0. The van der Waals surface area contributed by atoms with E-state index in [1.165, 1.54) is 70.6 Å². The Bertz CT molecular complexity index is 522. The molecule has 3 N–H and O–H groups in total. The zero-order chi connectivity index (χ0) is 26.0. The quantitative estimate of drug-likeness (QED) is 0.0695. The van der Waals surface area contributed by atoms with Gasteiger partial charge in [0.1, 0.15) is 6.10 Å². The normalized spacial score (nSPS) is 14.1. The molecule has 0 bridgehead atoms. The highest BCUT2D eigenvalue weighted by molar-refractivity contribution is 7.47. The van der Waals surface area contributed by atoms with Crippen LogP contribution in [0.3, 0.4) is 0 Å². The predicted molar refractivity (Wildman–Crippen MR) is 141 cm³/mol. The van der Waals surface area contributed by atoms with Gasteiger partial charge in [-0.1, -0.05) is 104 Å². The van der Waals surface area contributed by atoms with E-state index in [0.29, 0.717) is 13.0 Å². The number of ether oxygens (including phenoxy) is 2. The van der Waals surface area contributed by atoms with Crippen molar-refractivity contribution in [2.75, 3.05) is 33.0 Å². The zero-order valence-electron chi connectivity index (χ0n) is 22.6. The van der Waals surface area contributed by atoms with Gasteiger partial charge < -0.3 is 20.1 Å². The fourth-order valence-electron chi connectivity index (χ4n) is 3.70. The smallest absolute Gasteiger partial charge is 0.457 e. The Balaban J connectivity index is 4.17. The Morgan fingerprint density at radius 1 is 0.743 bits per heavy atom. The molecule has 2 atom stereocenters. The molecule has 0 aromatic heterocycles. The first-order valence-corrected chi connectivity index (χ1v) is 15.5. The van der Waals surface area contributed by atoms with Crippen LogP contribution < -0.4 is 5.73 Å². The van der Waals surface area contributed by atoms with E-state index in [0.717, 1.165) is 32.1 Å². The van der Waals surface area contributed by atoms with Crippen molar-refractivity contribution in [2.24, 2.45) is 5.73 Å². The molecule has 0 spiro atoms. The van der Waals surface area contributed by atoms with Crippen LogP contribution in [0.1, 0.15) is 123 Å². The van der Waals surface area contributed by atoms with Crippen molar-refractivity contribution < 1.29 is 32.8 Å². The molecule has 0 rings (SSSR count). The number of hydrogen-bond acceptors (Lipinski definition) is 7. The number of phosphoric ester groups is 1. The molecule has 210 valence electrons. The summed E-state index contributed by atoms with van der Waals surface area (Å²) in [6, 6.07) is 0. The second-order valence-corrected chi connectivity index (χ2v) is 10.7. The summed E-state index contributed by atoms with van der Waals surface area (Å²) in [5.74, 6) is -0.340. The molecule has 35 heavy (non-hydrogen) atoms. The average Bonchev–Trinajstić information content (AvgIpc) is 2.84. The Labute approximate surface area is 214 Å². The van der Waals surface area contributed by atoms with Gasteiger partial charge in [-0.3, -0.25) is 13.8 Å². The van der Waals surface area contributed by atoms with Gasteiger partial charge in [0.15, 0.2) is 0 Å². The van der Waals surface area contributed by atoms with Crippen LogP contribution in [0.25, 0.3) is 0 Å². The molecule has 0 radical (unpaired) electrons. The van der Waals surface area contributed by atoms with E-state index in [4.69, 9.17) is 24.3 Å². The molecule has 0 saturated heterocycles. The van der Waals surface area contributed by atoms with Crippen LogP contribution in [0.15, 0.2) is 0 Å². The summed E-state index contributed by atoms with van der Waals surface area (Å²) in [6.07, 6.45) is 18.5. The summed E-state index contributed by atoms with van der Waals surface area (Å²) < 4.78 is 32.8. The molecule has 0 amide bonds. The second-order valence-electron chi connectivity index (χ2n) is 9.27. The van der Waals surface area contributed by atoms with E-state index in [2.05, 4.69) is 13.8 Å². The number of hydrogen-bond donors (Lipinski definition) is 2. The van der Waals surface area contributed by atoms with Gasteiger partial charge in [-0.2, -0.15) is 0 Å². The average molecular weight is 524 g/mol. The van der Waals surface area contributed by atoms with Crippen molar-refractivity contribution in [1.29, 1.82) is 0 Å². The number of unbranched alkanes of at least 4 members (excludes halogenated alkanes) is 14. The molecular weight excluding hydrogens is 469 g/mol. The molecule has 0 fully saturated rings. The van der Waals surface area contributed by atoms with Gasteiger partial charge in [-0.05, 0) is 12.8 Å². The number of carbonyl (C=O) groups is 1. The molecule has 9 heteroatoms. The minimum absolute atomic E-state index is 0.0918. The highest BCUT2D eigenvalue weighted by Gasteiger charge is 2.25. The van der Waals surface area contributed by atoms with Gasteiger partial charge in [0, 0.05) is 19.6 Å². The molecule has 0 saturated carbocycles. The van der Waals surface area contributed by atoms with Crippen molar-refractivity contribution >= 4 is 13.8 Å². The van der Waals surface area contributed by atoms with Crippen molar-refractivity contribution in [3.05, 3.63) is 0 Å². The molecule has 0 aromatic carbocycles. The maximum absolute atomic E-state index is 12.2. The highest BCUT2D eigenvalue weighted by atomic mass is 31.2. The first kappa shape index (κ1) is 34.5. The molecule has 8 nitrogen and oxygen atoms in total. The number of nitrogens with two attached hydrogens (primary N) is 1. The van der Waals surface area contributed by atoms with Crippen molar-refractivity contribution in [1.82, 2.24) is 0 Å². The molecule has 0 aliphatic rings. The lowest BCUT2D eigenvalue weighted by Crippen LogP contribution is -2.28. The number of phosphoric acid groups is 1. The van der Waals surface area contributed by atoms with E-state index in [9.17, 15) is 14.3 Å². The Hall–Kier alpha value is -0.500. The monoisotopic (exact) mass is 523 g/mol. The fourth-order valence-corrected chi connectivity index (χ4v) is 4.46. The van der Waals surface area contributed by atoms with E-state index in [-0.39, 0.29) is 32.3 Å². The van der Waals surface area contributed by atoms with Gasteiger partial charge >= 0.3 is 13.8 Å². The summed E-state index contributed by atoms with van der Waals surface area (Å²) in [7, 11) is -4.24. The van der Waals surface area contributed by atoms with Gasteiger partial charge in [0.25, 0.3) is 0 Å². The minimum atomic E-state index is -4.24. The number of rotatable bonds is 27. The van der Waals surface area contributed by atoms with Gasteiger partial charge in [-0.15, -0.1) is 0 Å². The van der Waals surface area contributed by atoms with Gasteiger partial charge in [0.05, 0.1) is 19.8 Å². The summed E-state index contributed by atoms with van der Waals surface area (Å²) in [5.41, 5.74) is 5.30. The van der Waals surface area contributed by atoms with Crippen LogP contribution in [0.2, 0.25) is 0 Å². The molecule has 0 aromatic rings. The summed E-state index contributed by atoms with van der Waals surface area (Å²) in [4.78, 5) is 22.0. The second kappa shape index (κ2) is 25.2. The lowest BCUT2D eigenvalue weighted by Gasteiger charge is -2.20. The van der Waals surface area contributed by atoms with Gasteiger partial charge in [0.2, 0.25) is 0 Å². The molecule has 0 aliphatic carbocycles. The lowest BCUT2D eigenvalue weighted by molar-refractivity contribution is -0.154.